The standard InChI is InChI=1S/C16H16FNO2S/c17-14-9-12(16(18)21)5-6-13(14)10-20-15-4-2-1-3-11(15)7-8-19/h1-6,9,19H,7-8,10H2,(H2,18,21). The van der Waals surface area contributed by atoms with Crippen LogP contribution in [0.1, 0.15) is 16.7 Å². The zero-order valence-electron chi connectivity index (χ0n) is 11.4. The Hall–Kier alpha value is -1.98. The summed E-state index contributed by atoms with van der Waals surface area (Å²) in [6.45, 7) is 0.142. The molecule has 2 rings (SSSR count). The lowest BCUT2D eigenvalue weighted by molar-refractivity contribution is 0.281. The second-order valence-corrected chi connectivity index (χ2v) is 4.98. The van der Waals surface area contributed by atoms with Crippen LogP contribution in [0.3, 0.4) is 0 Å². The van der Waals surface area contributed by atoms with Crippen LogP contribution in [0.2, 0.25) is 0 Å². The number of benzene rings is 2. The summed E-state index contributed by atoms with van der Waals surface area (Å²) in [5.74, 6) is 0.240. The Labute approximate surface area is 128 Å². The normalized spacial score (nSPS) is 10.4. The van der Waals surface area contributed by atoms with Crippen LogP contribution >= 0.6 is 12.2 Å². The van der Waals surface area contributed by atoms with Gasteiger partial charge in [-0.15, -0.1) is 0 Å². The molecule has 0 aliphatic heterocycles. The number of thiocarbonyl (C=S) groups is 1. The van der Waals surface area contributed by atoms with Gasteiger partial charge in [0.15, 0.2) is 0 Å². The van der Waals surface area contributed by atoms with E-state index in [1.54, 1.807) is 18.2 Å². The van der Waals surface area contributed by atoms with Crippen LogP contribution in [-0.4, -0.2) is 16.7 Å². The Balaban J connectivity index is 2.11. The van der Waals surface area contributed by atoms with Gasteiger partial charge in [-0.3, -0.25) is 0 Å². The summed E-state index contributed by atoms with van der Waals surface area (Å²) in [7, 11) is 0. The quantitative estimate of drug-likeness (QED) is 0.805. The number of halogens is 1. The first-order valence-corrected chi connectivity index (χ1v) is 6.92. The van der Waals surface area contributed by atoms with Gasteiger partial charge < -0.3 is 15.6 Å². The third-order valence-corrected chi connectivity index (χ3v) is 3.31. The lowest BCUT2D eigenvalue weighted by atomic mass is 10.1. The van der Waals surface area contributed by atoms with E-state index in [0.717, 1.165) is 5.56 Å². The maximum Gasteiger partial charge on any atom is 0.130 e. The van der Waals surface area contributed by atoms with Gasteiger partial charge in [0.25, 0.3) is 0 Å². The molecule has 0 aromatic heterocycles. The zero-order chi connectivity index (χ0) is 15.2. The van der Waals surface area contributed by atoms with Crippen molar-refractivity contribution in [2.75, 3.05) is 6.61 Å². The molecule has 0 amide bonds. The lowest BCUT2D eigenvalue weighted by Crippen LogP contribution is -2.10. The molecule has 0 radical (unpaired) electrons. The van der Waals surface area contributed by atoms with Crippen molar-refractivity contribution in [3.63, 3.8) is 0 Å². The summed E-state index contributed by atoms with van der Waals surface area (Å²) in [5, 5.41) is 9.02. The molecule has 0 bridgehead atoms. The van der Waals surface area contributed by atoms with Crippen LogP contribution in [0.4, 0.5) is 4.39 Å². The second kappa shape index (κ2) is 7.15. The Bertz CT molecular complexity index is 646. The number of nitrogens with two attached hydrogens (primary N) is 1. The number of hydrogen-bond donors (Lipinski definition) is 2. The Morgan fingerprint density at radius 3 is 2.62 bits per heavy atom. The van der Waals surface area contributed by atoms with E-state index in [-0.39, 0.29) is 18.2 Å². The summed E-state index contributed by atoms with van der Waals surface area (Å²) in [6, 6.07) is 12.0. The highest BCUT2D eigenvalue weighted by Gasteiger charge is 2.08. The predicted octanol–water partition coefficient (Wildman–Crippen LogP) is 2.57. The van der Waals surface area contributed by atoms with Crippen molar-refractivity contribution in [3.05, 3.63) is 65.0 Å². The molecule has 110 valence electrons. The van der Waals surface area contributed by atoms with Gasteiger partial charge in [0.2, 0.25) is 0 Å². The van der Waals surface area contributed by atoms with Crippen LogP contribution in [-0.2, 0) is 13.0 Å². The molecule has 0 saturated carbocycles. The molecule has 0 unspecified atom stereocenters. The first-order valence-electron chi connectivity index (χ1n) is 6.51. The highest BCUT2D eigenvalue weighted by molar-refractivity contribution is 7.80. The molecule has 2 aromatic rings. The van der Waals surface area contributed by atoms with E-state index in [4.69, 9.17) is 27.8 Å². The summed E-state index contributed by atoms with van der Waals surface area (Å²) in [6.07, 6.45) is 0.499. The second-order valence-electron chi connectivity index (χ2n) is 4.54. The Morgan fingerprint density at radius 2 is 1.95 bits per heavy atom. The van der Waals surface area contributed by atoms with Gasteiger partial charge in [-0.05, 0) is 24.1 Å². The van der Waals surface area contributed by atoms with Gasteiger partial charge in [-0.1, -0.05) is 42.5 Å². The van der Waals surface area contributed by atoms with Crippen LogP contribution < -0.4 is 10.5 Å². The fourth-order valence-corrected chi connectivity index (χ4v) is 2.07. The molecule has 21 heavy (non-hydrogen) atoms. The third kappa shape index (κ3) is 4.00. The summed E-state index contributed by atoms with van der Waals surface area (Å²) < 4.78 is 19.6. The molecule has 3 N–H and O–H groups in total. The Morgan fingerprint density at radius 1 is 1.19 bits per heavy atom. The number of para-hydroxylation sites is 1. The van der Waals surface area contributed by atoms with E-state index in [1.807, 2.05) is 18.2 Å². The summed E-state index contributed by atoms with van der Waals surface area (Å²) in [5.41, 5.74) is 7.27. The van der Waals surface area contributed by atoms with Gasteiger partial charge in [0, 0.05) is 17.7 Å². The molecular formula is C16H16FNO2S. The molecule has 0 spiro atoms. The topological polar surface area (TPSA) is 55.5 Å². The van der Waals surface area contributed by atoms with Crippen LogP contribution in [0.15, 0.2) is 42.5 Å². The van der Waals surface area contributed by atoms with Gasteiger partial charge in [0.1, 0.15) is 23.2 Å². The van der Waals surface area contributed by atoms with E-state index in [9.17, 15) is 4.39 Å². The van der Waals surface area contributed by atoms with Crippen LogP contribution in [0.5, 0.6) is 5.75 Å². The first kappa shape index (κ1) is 15.4. The van der Waals surface area contributed by atoms with Crippen molar-refractivity contribution in [2.24, 2.45) is 5.73 Å². The number of ether oxygens (including phenoxy) is 1. The monoisotopic (exact) mass is 305 g/mol. The predicted molar refractivity (Wildman–Crippen MR) is 83.9 cm³/mol. The first-order chi connectivity index (χ1) is 10.1. The highest BCUT2D eigenvalue weighted by Crippen LogP contribution is 2.20. The third-order valence-electron chi connectivity index (χ3n) is 3.07. The van der Waals surface area contributed by atoms with Crippen LogP contribution in [0.25, 0.3) is 0 Å². The van der Waals surface area contributed by atoms with Crippen molar-refractivity contribution in [1.29, 1.82) is 0 Å². The fraction of sp³-hybridized carbons (Fsp3) is 0.188. The van der Waals surface area contributed by atoms with Gasteiger partial charge in [0.05, 0.1) is 0 Å². The minimum atomic E-state index is -0.403. The molecule has 0 aliphatic rings. The molecular weight excluding hydrogens is 289 g/mol. The van der Waals surface area contributed by atoms with Gasteiger partial charge in [-0.2, -0.15) is 0 Å². The van der Waals surface area contributed by atoms with E-state index >= 15 is 0 Å². The SMILES string of the molecule is NC(=S)c1ccc(COc2ccccc2CCO)c(F)c1. The lowest BCUT2D eigenvalue weighted by Gasteiger charge is -2.11. The van der Waals surface area contributed by atoms with E-state index < -0.39 is 5.82 Å². The highest BCUT2D eigenvalue weighted by atomic mass is 32.1. The molecule has 2 aromatic carbocycles. The Kier molecular flexibility index (Phi) is 5.25. The van der Waals surface area contributed by atoms with E-state index in [1.165, 1.54) is 6.07 Å². The zero-order valence-corrected chi connectivity index (χ0v) is 12.2. The summed E-state index contributed by atoms with van der Waals surface area (Å²) >= 11 is 4.81. The van der Waals surface area contributed by atoms with Crippen molar-refractivity contribution < 1.29 is 14.2 Å². The number of rotatable bonds is 6. The maximum absolute atomic E-state index is 13.9. The molecule has 0 fully saturated rings. The van der Waals surface area contributed by atoms with Crippen molar-refractivity contribution >= 4 is 17.2 Å². The minimum absolute atomic E-state index is 0.0391. The molecule has 0 saturated heterocycles. The average Bonchev–Trinajstić information content (AvgIpc) is 2.47. The van der Waals surface area contributed by atoms with Crippen LogP contribution in [0, 0.1) is 5.82 Å². The van der Waals surface area contributed by atoms with E-state index in [2.05, 4.69) is 0 Å². The maximum atomic E-state index is 13.9. The number of aliphatic hydroxyl groups is 1. The molecule has 0 heterocycles. The number of aliphatic hydroxyl groups excluding tert-OH is 1. The summed E-state index contributed by atoms with van der Waals surface area (Å²) in [4.78, 5) is 0.162. The number of hydrogen-bond acceptors (Lipinski definition) is 3. The van der Waals surface area contributed by atoms with Gasteiger partial charge >= 0.3 is 0 Å². The fourth-order valence-electron chi connectivity index (χ4n) is 1.94. The van der Waals surface area contributed by atoms with Crippen molar-refractivity contribution in [1.82, 2.24) is 0 Å². The van der Waals surface area contributed by atoms with E-state index in [0.29, 0.717) is 23.3 Å². The smallest absolute Gasteiger partial charge is 0.130 e. The molecule has 5 heteroatoms. The largest absolute Gasteiger partial charge is 0.489 e. The molecule has 0 atom stereocenters. The minimum Gasteiger partial charge on any atom is -0.489 e. The van der Waals surface area contributed by atoms with Crippen molar-refractivity contribution in [3.8, 4) is 5.75 Å². The molecule has 3 nitrogen and oxygen atoms in total. The van der Waals surface area contributed by atoms with Crippen molar-refractivity contribution in [2.45, 2.75) is 13.0 Å². The molecule has 0 aliphatic carbocycles. The average molecular weight is 305 g/mol. The van der Waals surface area contributed by atoms with Gasteiger partial charge in [-0.25, -0.2) is 4.39 Å².